The van der Waals surface area contributed by atoms with Gasteiger partial charge in [-0.2, -0.15) is 4.98 Å². The number of nitrogens with zero attached hydrogens (tertiary/aromatic N) is 5. The number of carbonyl (C=O) groups is 1. The van der Waals surface area contributed by atoms with Gasteiger partial charge in [-0.3, -0.25) is 9.69 Å². The van der Waals surface area contributed by atoms with Gasteiger partial charge in [-0.05, 0) is 44.2 Å². The highest BCUT2D eigenvalue weighted by Crippen LogP contribution is 2.19. The van der Waals surface area contributed by atoms with Gasteiger partial charge in [-0.25, -0.2) is 9.50 Å². The van der Waals surface area contributed by atoms with Crippen molar-refractivity contribution in [3.63, 3.8) is 0 Å². The highest BCUT2D eigenvalue weighted by atomic mass is 16.3. The van der Waals surface area contributed by atoms with E-state index in [1.165, 1.54) is 6.26 Å². The Morgan fingerprint density at radius 1 is 1.12 bits per heavy atom. The van der Waals surface area contributed by atoms with Crippen molar-refractivity contribution in [2.24, 2.45) is 0 Å². The topological polar surface area (TPSA) is 76.5 Å². The van der Waals surface area contributed by atoms with Crippen LogP contribution in [0.3, 0.4) is 0 Å². The normalized spacial score (nSPS) is 11.0. The average molecular weight is 347 g/mol. The summed E-state index contributed by atoms with van der Waals surface area (Å²) in [7, 11) is 0. The molecule has 0 atom stereocenters. The first kappa shape index (κ1) is 16.0. The lowest BCUT2D eigenvalue weighted by Gasteiger charge is -2.20. The zero-order chi connectivity index (χ0) is 18.1. The number of aromatic nitrogens is 4. The fraction of sp³-hybridized carbons (Fsp3) is 0.158. The Morgan fingerprint density at radius 3 is 2.65 bits per heavy atom. The molecule has 3 aromatic heterocycles. The standard InChI is InChI=1S/C19H17N5O2/c1-13-11-14(2)24-19(20-13)21-17(22-24)12-23(15-7-4-3-5-8-15)18(25)16-9-6-10-26-16/h3-11H,12H2,1-2H3. The summed E-state index contributed by atoms with van der Waals surface area (Å²) in [4.78, 5) is 23.4. The van der Waals surface area contributed by atoms with E-state index in [2.05, 4.69) is 15.1 Å². The first-order chi connectivity index (χ1) is 12.6. The van der Waals surface area contributed by atoms with Crippen molar-refractivity contribution >= 4 is 17.4 Å². The zero-order valence-electron chi connectivity index (χ0n) is 14.5. The molecule has 26 heavy (non-hydrogen) atoms. The lowest BCUT2D eigenvalue weighted by Crippen LogP contribution is -2.30. The summed E-state index contributed by atoms with van der Waals surface area (Å²) < 4.78 is 6.96. The van der Waals surface area contributed by atoms with E-state index in [1.54, 1.807) is 21.5 Å². The molecule has 0 aliphatic rings. The molecule has 0 unspecified atom stereocenters. The van der Waals surface area contributed by atoms with Crippen LogP contribution in [-0.4, -0.2) is 25.5 Å². The van der Waals surface area contributed by atoms with Gasteiger partial charge in [0.2, 0.25) is 0 Å². The maximum absolute atomic E-state index is 12.9. The second-order valence-electron chi connectivity index (χ2n) is 5.98. The molecule has 4 rings (SSSR count). The summed E-state index contributed by atoms with van der Waals surface area (Å²) >= 11 is 0. The minimum atomic E-state index is -0.249. The number of rotatable bonds is 4. The SMILES string of the molecule is Cc1cc(C)n2nc(CN(C(=O)c3ccco3)c3ccccc3)nc2n1. The van der Waals surface area contributed by atoms with Crippen molar-refractivity contribution in [1.82, 2.24) is 19.6 Å². The molecule has 130 valence electrons. The molecule has 0 radical (unpaired) electrons. The van der Waals surface area contributed by atoms with Gasteiger partial charge in [0, 0.05) is 17.1 Å². The van der Waals surface area contributed by atoms with Crippen LogP contribution in [0.25, 0.3) is 5.78 Å². The first-order valence-corrected chi connectivity index (χ1v) is 8.22. The quantitative estimate of drug-likeness (QED) is 0.567. The van der Waals surface area contributed by atoms with E-state index in [-0.39, 0.29) is 18.2 Å². The summed E-state index contributed by atoms with van der Waals surface area (Å²) in [6.07, 6.45) is 1.48. The van der Waals surface area contributed by atoms with E-state index in [9.17, 15) is 4.79 Å². The summed E-state index contributed by atoms with van der Waals surface area (Å²) in [5.74, 6) is 1.05. The molecule has 1 amide bonds. The number of benzene rings is 1. The molecular formula is C19H17N5O2. The van der Waals surface area contributed by atoms with Gasteiger partial charge < -0.3 is 4.42 Å². The predicted molar refractivity (Wildman–Crippen MR) is 95.9 cm³/mol. The number of para-hydroxylation sites is 1. The molecule has 4 aromatic rings. The fourth-order valence-corrected chi connectivity index (χ4v) is 2.84. The van der Waals surface area contributed by atoms with E-state index in [4.69, 9.17) is 4.42 Å². The minimum Gasteiger partial charge on any atom is -0.459 e. The Hall–Kier alpha value is -3.48. The third-order valence-corrected chi connectivity index (χ3v) is 4.01. The number of hydrogen-bond acceptors (Lipinski definition) is 5. The van der Waals surface area contributed by atoms with Crippen LogP contribution >= 0.6 is 0 Å². The molecule has 0 aliphatic carbocycles. The maximum Gasteiger partial charge on any atom is 0.294 e. The molecular weight excluding hydrogens is 330 g/mol. The Balaban J connectivity index is 1.73. The summed E-state index contributed by atoms with van der Waals surface area (Å²) in [5.41, 5.74) is 2.56. The number of aryl methyl sites for hydroxylation is 2. The molecule has 0 spiro atoms. The molecule has 0 N–H and O–H groups in total. The highest BCUT2D eigenvalue weighted by molar-refractivity contribution is 6.04. The average Bonchev–Trinajstić information content (AvgIpc) is 3.29. The van der Waals surface area contributed by atoms with Gasteiger partial charge in [0.25, 0.3) is 11.7 Å². The zero-order valence-corrected chi connectivity index (χ0v) is 14.5. The van der Waals surface area contributed by atoms with Gasteiger partial charge in [-0.1, -0.05) is 18.2 Å². The summed E-state index contributed by atoms with van der Waals surface area (Å²) in [6.45, 7) is 4.08. The number of amides is 1. The smallest absolute Gasteiger partial charge is 0.294 e. The molecule has 1 aromatic carbocycles. The Morgan fingerprint density at radius 2 is 1.92 bits per heavy atom. The molecule has 3 heterocycles. The molecule has 0 bridgehead atoms. The maximum atomic E-state index is 12.9. The van der Waals surface area contributed by atoms with Crippen LogP contribution in [0.5, 0.6) is 0 Å². The molecule has 0 aliphatic heterocycles. The third kappa shape index (κ3) is 2.95. The van der Waals surface area contributed by atoms with E-state index in [0.717, 1.165) is 17.1 Å². The first-order valence-electron chi connectivity index (χ1n) is 8.22. The highest BCUT2D eigenvalue weighted by Gasteiger charge is 2.22. The Bertz CT molecular complexity index is 1050. The number of anilines is 1. The van der Waals surface area contributed by atoms with Crippen molar-refractivity contribution < 1.29 is 9.21 Å². The molecule has 7 nitrogen and oxygen atoms in total. The van der Waals surface area contributed by atoms with Gasteiger partial charge >= 0.3 is 0 Å². The van der Waals surface area contributed by atoms with Crippen molar-refractivity contribution in [2.75, 3.05) is 4.90 Å². The van der Waals surface area contributed by atoms with Crippen molar-refractivity contribution in [1.29, 1.82) is 0 Å². The van der Waals surface area contributed by atoms with Crippen LogP contribution in [0.15, 0.2) is 59.2 Å². The molecule has 0 saturated carbocycles. The van der Waals surface area contributed by atoms with Crippen LogP contribution < -0.4 is 4.90 Å². The number of hydrogen-bond donors (Lipinski definition) is 0. The van der Waals surface area contributed by atoms with E-state index in [0.29, 0.717) is 11.6 Å². The number of furan rings is 1. The van der Waals surface area contributed by atoms with E-state index in [1.807, 2.05) is 50.2 Å². The molecule has 0 fully saturated rings. The van der Waals surface area contributed by atoms with Crippen molar-refractivity contribution in [2.45, 2.75) is 20.4 Å². The monoisotopic (exact) mass is 347 g/mol. The van der Waals surface area contributed by atoms with Crippen LogP contribution in [0, 0.1) is 13.8 Å². The predicted octanol–water partition coefficient (Wildman–Crippen LogP) is 3.18. The van der Waals surface area contributed by atoms with Gasteiger partial charge in [0.1, 0.15) is 0 Å². The van der Waals surface area contributed by atoms with E-state index < -0.39 is 0 Å². The van der Waals surface area contributed by atoms with Crippen LogP contribution in [0.4, 0.5) is 5.69 Å². The van der Waals surface area contributed by atoms with Gasteiger partial charge in [0.15, 0.2) is 11.6 Å². The fourth-order valence-electron chi connectivity index (χ4n) is 2.84. The Labute approximate surface area is 149 Å². The third-order valence-electron chi connectivity index (χ3n) is 4.01. The van der Waals surface area contributed by atoms with Crippen molar-refractivity contribution in [3.05, 3.63) is 77.8 Å². The Kier molecular flexibility index (Phi) is 3.96. The summed E-state index contributed by atoms with van der Waals surface area (Å²) in [5, 5.41) is 4.50. The number of carbonyl (C=O) groups excluding carboxylic acids is 1. The minimum absolute atomic E-state index is 0.214. The van der Waals surface area contributed by atoms with E-state index >= 15 is 0 Å². The lowest BCUT2D eigenvalue weighted by molar-refractivity contribution is 0.0957. The molecule has 7 heteroatoms. The van der Waals surface area contributed by atoms with Gasteiger partial charge in [0.05, 0.1) is 12.8 Å². The van der Waals surface area contributed by atoms with Crippen LogP contribution in [0.1, 0.15) is 27.8 Å². The van der Waals surface area contributed by atoms with Crippen molar-refractivity contribution in [3.8, 4) is 0 Å². The largest absolute Gasteiger partial charge is 0.459 e. The van der Waals surface area contributed by atoms with Crippen LogP contribution in [0.2, 0.25) is 0 Å². The number of fused-ring (bicyclic) bond motifs is 1. The second-order valence-corrected chi connectivity index (χ2v) is 5.98. The lowest BCUT2D eigenvalue weighted by atomic mass is 10.2. The van der Waals surface area contributed by atoms with Gasteiger partial charge in [-0.15, -0.1) is 5.10 Å². The second kappa shape index (κ2) is 6.44. The molecule has 0 saturated heterocycles. The van der Waals surface area contributed by atoms with Crippen LogP contribution in [-0.2, 0) is 6.54 Å². The summed E-state index contributed by atoms with van der Waals surface area (Å²) in [6, 6.07) is 14.7.